The van der Waals surface area contributed by atoms with Crippen LogP contribution in [0, 0.1) is 5.82 Å². The molecule has 21 heavy (non-hydrogen) atoms. The van der Waals surface area contributed by atoms with E-state index in [0.29, 0.717) is 18.2 Å². The Morgan fingerprint density at radius 2 is 2.05 bits per heavy atom. The summed E-state index contributed by atoms with van der Waals surface area (Å²) < 4.78 is 19.2. The van der Waals surface area contributed by atoms with Crippen LogP contribution in [0.5, 0.6) is 5.75 Å². The van der Waals surface area contributed by atoms with Crippen molar-refractivity contribution in [3.05, 3.63) is 64.4 Å². The van der Waals surface area contributed by atoms with Crippen molar-refractivity contribution in [1.82, 2.24) is 0 Å². The first-order valence-electron chi connectivity index (χ1n) is 7.00. The minimum absolute atomic E-state index is 0.0497. The molecule has 0 amide bonds. The summed E-state index contributed by atoms with van der Waals surface area (Å²) >= 11 is 5.99. The number of halogens is 2. The van der Waals surface area contributed by atoms with Crippen LogP contribution in [-0.4, -0.2) is 13.2 Å². The lowest BCUT2D eigenvalue weighted by atomic mass is 9.92. The van der Waals surface area contributed by atoms with Gasteiger partial charge in [0, 0.05) is 10.9 Å². The molecule has 2 aromatic rings. The molecule has 0 heterocycles. The molecule has 112 valence electrons. The molecule has 0 aliphatic rings. The quantitative estimate of drug-likeness (QED) is 0.869. The largest absolute Gasteiger partial charge is 0.491 e. The summed E-state index contributed by atoms with van der Waals surface area (Å²) in [5, 5.41) is 0.696. The Hall–Kier alpha value is -1.58. The zero-order valence-corrected chi connectivity index (χ0v) is 12.7. The van der Waals surface area contributed by atoms with Crippen LogP contribution in [0.3, 0.4) is 0 Å². The van der Waals surface area contributed by atoms with E-state index < -0.39 is 0 Å². The smallest absolute Gasteiger partial charge is 0.165 e. The Bertz CT molecular complexity index is 603. The fraction of sp³-hybridized carbons (Fsp3) is 0.294. The third kappa shape index (κ3) is 4.19. The van der Waals surface area contributed by atoms with Gasteiger partial charge in [0.1, 0.15) is 0 Å². The van der Waals surface area contributed by atoms with Crippen molar-refractivity contribution in [2.45, 2.75) is 19.3 Å². The Labute approximate surface area is 129 Å². The van der Waals surface area contributed by atoms with E-state index in [-0.39, 0.29) is 17.5 Å². The summed E-state index contributed by atoms with van der Waals surface area (Å²) in [7, 11) is 0. The zero-order valence-electron chi connectivity index (χ0n) is 12.0. The lowest BCUT2D eigenvalue weighted by Crippen LogP contribution is -2.15. The highest BCUT2D eigenvalue weighted by Crippen LogP contribution is 2.26. The summed E-state index contributed by atoms with van der Waals surface area (Å²) in [6, 6.07) is 12.7. The second-order valence-electron chi connectivity index (χ2n) is 4.89. The molecule has 0 aliphatic heterocycles. The lowest BCUT2D eigenvalue weighted by molar-refractivity contribution is 0.321. The van der Waals surface area contributed by atoms with Gasteiger partial charge < -0.3 is 10.5 Å². The second-order valence-corrected chi connectivity index (χ2v) is 5.33. The molecule has 2 nitrogen and oxygen atoms in total. The molecule has 0 bridgehead atoms. The number of hydrogen-bond acceptors (Lipinski definition) is 2. The average molecular weight is 308 g/mol. The molecule has 2 N–H and O–H groups in total. The Morgan fingerprint density at radius 3 is 2.67 bits per heavy atom. The summed E-state index contributed by atoms with van der Waals surface area (Å²) in [6.07, 6.45) is 0.727. The number of hydrogen-bond donors (Lipinski definition) is 1. The Balaban J connectivity index is 2.19. The van der Waals surface area contributed by atoms with Gasteiger partial charge in [0.2, 0.25) is 0 Å². The number of rotatable bonds is 6. The third-order valence-electron chi connectivity index (χ3n) is 3.38. The van der Waals surface area contributed by atoms with Crippen molar-refractivity contribution in [2.75, 3.05) is 13.2 Å². The highest BCUT2D eigenvalue weighted by Gasteiger charge is 2.14. The Kier molecular flexibility index (Phi) is 5.59. The highest BCUT2D eigenvalue weighted by molar-refractivity contribution is 6.30. The molecule has 0 spiro atoms. The predicted molar refractivity (Wildman–Crippen MR) is 84.5 cm³/mol. The molecule has 0 aromatic heterocycles. The molecule has 1 unspecified atom stereocenters. The van der Waals surface area contributed by atoms with Crippen LogP contribution in [0.4, 0.5) is 4.39 Å². The average Bonchev–Trinajstić information content (AvgIpc) is 2.47. The van der Waals surface area contributed by atoms with Gasteiger partial charge in [-0.15, -0.1) is 0 Å². The van der Waals surface area contributed by atoms with Crippen molar-refractivity contribution >= 4 is 11.6 Å². The van der Waals surface area contributed by atoms with Gasteiger partial charge in [0.05, 0.1) is 6.61 Å². The van der Waals surface area contributed by atoms with Gasteiger partial charge in [0.15, 0.2) is 11.6 Å². The zero-order chi connectivity index (χ0) is 15.2. The molecule has 2 aromatic carbocycles. The summed E-state index contributed by atoms with van der Waals surface area (Å²) in [4.78, 5) is 0. The predicted octanol–water partition coefficient (Wildman–Crippen LogP) is 4.16. The second kappa shape index (κ2) is 7.43. The lowest BCUT2D eigenvalue weighted by Gasteiger charge is -2.16. The molecular formula is C17H19ClFNO. The fourth-order valence-corrected chi connectivity index (χ4v) is 2.54. The van der Waals surface area contributed by atoms with Gasteiger partial charge in [-0.3, -0.25) is 0 Å². The molecule has 1 atom stereocenters. The molecule has 0 saturated carbocycles. The van der Waals surface area contributed by atoms with E-state index in [1.807, 2.05) is 37.3 Å². The molecule has 4 heteroatoms. The van der Waals surface area contributed by atoms with Crippen molar-refractivity contribution < 1.29 is 9.13 Å². The van der Waals surface area contributed by atoms with Gasteiger partial charge in [-0.2, -0.15) is 0 Å². The van der Waals surface area contributed by atoms with E-state index in [4.69, 9.17) is 22.1 Å². The van der Waals surface area contributed by atoms with E-state index >= 15 is 0 Å². The molecule has 2 rings (SSSR count). The first-order chi connectivity index (χ1) is 10.1. The van der Waals surface area contributed by atoms with Crippen molar-refractivity contribution in [3.8, 4) is 5.75 Å². The van der Waals surface area contributed by atoms with Crippen LogP contribution >= 0.6 is 11.6 Å². The normalized spacial score (nSPS) is 12.2. The SMILES string of the molecule is CCOc1ccc(C(CN)Cc2cccc(Cl)c2)cc1F. The number of benzene rings is 2. The maximum absolute atomic E-state index is 13.9. The first-order valence-corrected chi connectivity index (χ1v) is 7.38. The van der Waals surface area contributed by atoms with Gasteiger partial charge >= 0.3 is 0 Å². The molecule has 0 fully saturated rings. The van der Waals surface area contributed by atoms with Gasteiger partial charge in [-0.1, -0.05) is 29.8 Å². The number of ether oxygens (including phenoxy) is 1. The van der Waals surface area contributed by atoms with Gasteiger partial charge in [0.25, 0.3) is 0 Å². The van der Waals surface area contributed by atoms with Crippen LogP contribution in [0.1, 0.15) is 24.0 Å². The summed E-state index contributed by atoms with van der Waals surface area (Å²) in [5.74, 6) is -0.0210. The van der Waals surface area contributed by atoms with E-state index in [1.54, 1.807) is 6.07 Å². The summed E-state index contributed by atoms with van der Waals surface area (Å²) in [5.41, 5.74) is 7.81. The molecule has 0 radical (unpaired) electrons. The van der Waals surface area contributed by atoms with Crippen molar-refractivity contribution in [2.24, 2.45) is 5.73 Å². The van der Waals surface area contributed by atoms with Crippen LogP contribution in [0.25, 0.3) is 0 Å². The third-order valence-corrected chi connectivity index (χ3v) is 3.62. The Morgan fingerprint density at radius 1 is 1.24 bits per heavy atom. The standard InChI is InChI=1S/C17H19ClFNO/c1-2-21-17-7-6-13(10-16(17)19)14(11-20)8-12-4-3-5-15(18)9-12/h3-7,9-10,14H,2,8,11,20H2,1H3. The van der Waals surface area contributed by atoms with Crippen LogP contribution in [-0.2, 0) is 6.42 Å². The van der Waals surface area contributed by atoms with Gasteiger partial charge in [-0.05, 0) is 55.3 Å². The maximum Gasteiger partial charge on any atom is 0.165 e. The highest BCUT2D eigenvalue weighted by atomic mass is 35.5. The topological polar surface area (TPSA) is 35.2 Å². The molecular weight excluding hydrogens is 289 g/mol. The maximum atomic E-state index is 13.9. The minimum Gasteiger partial charge on any atom is -0.491 e. The van der Waals surface area contributed by atoms with E-state index in [2.05, 4.69) is 0 Å². The van der Waals surface area contributed by atoms with E-state index in [0.717, 1.165) is 17.5 Å². The molecule has 0 saturated heterocycles. The van der Waals surface area contributed by atoms with Crippen molar-refractivity contribution in [1.29, 1.82) is 0 Å². The minimum atomic E-state index is -0.348. The van der Waals surface area contributed by atoms with Crippen LogP contribution in [0.2, 0.25) is 5.02 Å². The van der Waals surface area contributed by atoms with Crippen molar-refractivity contribution in [3.63, 3.8) is 0 Å². The first kappa shape index (κ1) is 15.8. The number of nitrogens with two attached hydrogens (primary N) is 1. The van der Waals surface area contributed by atoms with Crippen LogP contribution < -0.4 is 10.5 Å². The monoisotopic (exact) mass is 307 g/mol. The van der Waals surface area contributed by atoms with E-state index in [9.17, 15) is 4.39 Å². The van der Waals surface area contributed by atoms with E-state index in [1.165, 1.54) is 6.07 Å². The molecule has 0 aliphatic carbocycles. The van der Waals surface area contributed by atoms with Gasteiger partial charge in [-0.25, -0.2) is 4.39 Å². The summed E-state index contributed by atoms with van der Waals surface area (Å²) in [6.45, 7) is 2.72. The van der Waals surface area contributed by atoms with Crippen LogP contribution in [0.15, 0.2) is 42.5 Å². The fourth-order valence-electron chi connectivity index (χ4n) is 2.33.